The quantitative estimate of drug-likeness (QED) is 0.259. The summed E-state index contributed by atoms with van der Waals surface area (Å²) in [6.45, 7) is 0. The van der Waals surface area contributed by atoms with Crippen molar-refractivity contribution in [2.45, 2.75) is 6.42 Å². The summed E-state index contributed by atoms with van der Waals surface area (Å²) in [7, 11) is 0. The largest absolute Gasteiger partial charge is 0.315 e. The molecule has 1 aliphatic rings. The van der Waals surface area contributed by atoms with E-state index >= 15 is 0 Å². The highest BCUT2D eigenvalue weighted by Crippen LogP contribution is 2.42. The van der Waals surface area contributed by atoms with Gasteiger partial charge in [0, 0.05) is 27.7 Å². The molecule has 2 aromatic heterocycles. The van der Waals surface area contributed by atoms with E-state index in [-0.39, 0.29) is 0 Å². The second-order valence-electron chi connectivity index (χ2n) is 7.84. The number of hydrogen-bond acceptors (Lipinski definition) is 0. The maximum atomic E-state index is 2.44. The van der Waals surface area contributed by atoms with Gasteiger partial charge in [0.05, 0.1) is 11.0 Å². The monoisotopic (exact) mass is 355 g/mol. The van der Waals surface area contributed by atoms with Crippen LogP contribution in [0.3, 0.4) is 0 Å². The standard InChI is InChI=1S/C27H17N/c1-3-9-20-17(7-1)13-19-14-25-24(15-23(19)20)22-11-5-6-12-26(22)28-16-18-8-2-4-10-21(18)27(25)28/h1-12,14-16H,13H2. The smallest absolute Gasteiger partial charge is 0.0613 e. The number of benzene rings is 4. The van der Waals surface area contributed by atoms with Crippen molar-refractivity contribution in [3.05, 3.63) is 102 Å². The molecule has 7 rings (SSSR count). The summed E-state index contributed by atoms with van der Waals surface area (Å²) in [5.74, 6) is 0. The van der Waals surface area contributed by atoms with Crippen molar-refractivity contribution in [3.8, 4) is 11.1 Å². The van der Waals surface area contributed by atoms with Gasteiger partial charge in [-0.3, -0.25) is 0 Å². The van der Waals surface area contributed by atoms with Crippen molar-refractivity contribution in [3.63, 3.8) is 0 Å². The van der Waals surface area contributed by atoms with Crippen LogP contribution in [0.5, 0.6) is 0 Å². The average molecular weight is 355 g/mol. The van der Waals surface area contributed by atoms with Gasteiger partial charge in [-0.1, -0.05) is 66.7 Å². The van der Waals surface area contributed by atoms with Crippen LogP contribution in [0.2, 0.25) is 0 Å². The first-order valence-corrected chi connectivity index (χ1v) is 9.84. The summed E-state index contributed by atoms with van der Waals surface area (Å²) in [5.41, 5.74) is 8.26. The van der Waals surface area contributed by atoms with Gasteiger partial charge in [-0.15, -0.1) is 0 Å². The van der Waals surface area contributed by atoms with E-state index in [0.717, 1.165) is 6.42 Å². The van der Waals surface area contributed by atoms with Gasteiger partial charge in [0.1, 0.15) is 0 Å². The molecule has 1 nitrogen and oxygen atoms in total. The summed E-state index contributed by atoms with van der Waals surface area (Å²) < 4.78 is 2.39. The second-order valence-corrected chi connectivity index (χ2v) is 7.84. The van der Waals surface area contributed by atoms with E-state index in [4.69, 9.17) is 0 Å². The minimum Gasteiger partial charge on any atom is -0.315 e. The lowest BCUT2D eigenvalue weighted by molar-refractivity contribution is 1.26. The summed E-state index contributed by atoms with van der Waals surface area (Å²) in [6, 6.07) is 31.2. The summed E-state index contributed by atoms with van der Waals surface area (Å²) in [4.78, 5) is 0. The van der Waals surface area contributed by atoms with Gasteiger partial charge in [-0.2, -0.15) is 0 Å². The van der Waals surface area contributed by atoms with Crippen molar-refractivity contribution in [1.82, 2.24) is 4.40 Å². The minimum atomic E-state index is 1.03. The van der Waals surface area contributed by atoms with Gasteiger partial charge < -0.3 is 4.40 Å². The number of fused-ring (bicyclic) bond motifs is 11. The SMILES string of the molecule is c1ccc2c(c1)Cc1cc3c(cc1-2)c1ccccc1n1cc2ccccc2c31. The van der Waals surface area contributed by atoms with Crippen LogP contribution in [0.25, 0.3) is 49.1 Å². The Morgan fingerprint density at radius 1 is 0.571 bits per heavy atom. The number of aromatic nitrogens is 1. The van der Waals surface area contributed by atoms with Gasteiger partial charge >= 0.3 is 0 Å². The maximum Gasteiger partial charge on any atom is 0.0613 e. The number of pyridine rings is 1. The normalized spacial score (nSPS) is 12.9. The lowest BCUT2D eigenvalue weighted by Crippen LogP contribution is -1.91. The Morgan fingerprint density at radius 3 is 2.32 bits per heavy atom. The number of nitrogens with zero attached hydrogens (tertiary/aromatic N) is 1. The molecule has 0 N–H and O–H groups in total. The third kappa shape index (κ3) is 1.72. The number of hydrogen-bond donors (Lipinski definition) is 0. The van der Waals surface area contributed by atoms with E-state index < -0.39 is 0 Å². The molecule has 0 atom stereocenters. The Labute approximate surface area is 162 Å². The van der Waals surface area contributed by atoms with E-state index in [1.165, 1.54) is 60.2 Å². The Kier molecular flexibility index (Phi) is 2.60. The van der Waals surface area contributed by atoms with Crippen LogP contribution in [0.15, 0.2) is 91.1 Å². The van der Waals surface area contributed by atoms with Crippen molar-refractivity contribution in [2.24, 2.45) is 0 Å². The molecule has 6 aromatic rings. The molecule has 0 amide bonds. The number of para-hydroxylation sites is 1. The average Bonchev–Trinajstić information content (AvgIpc) is 3.31. The predicted octanol–water partition coefficient (Wildman–Crippen LogP) is 6.97. The van der Waals surface area contributed by atoms with Crippen molar-refractivity contribution >= 4 is 38.0 Å². The predicted molar refractivity (Wildman–Crippen MR) is 118 cm³/mol. The van der Waals surface area contributed by atoms with E-state index in [2.05, 4.69) is 95.5 Å². The molecule has 0 fully saturated rings. The zero-order chi connectivity index (χ0) is 18.2. The van der Waals surface area contributed by atoms with Gasteiger partial charge in [-0.25, -0.2) is 0 Å². The lowest BCUT2D eigenvalue weighted by atomic mass is 9.97. The molecule has 1 heteroatoms. The third-order valence-electron chi connectivity index (χ3n) is 6.37. The molecule has 0 saturated heterocycles. The van der Waals surface area contributed by atoms with E-state index in [0.29, 0.717) is 0 Å². The molecule has 0 aliphatic heterocycles. The fourth-order valence-corrected chi connectivity index (χ4v) is 5.14. The van der Waals surface area contributed by atoms with E-state index in [1.54, 1.807) is 0 Å². The first-order valence-electron chi connectivity index (χ1n) is 9.84. The van der Waals surface area contributed by atoms with Crippen molar-refractivity contribution in [2.75, 3.05) is 0 Å². The van der Waals surface area contributed by atoms with Crippen LogP contribution in [0, 0.1) is 0 Å². The second kappa shape index (κ2) is 5.02. The number of rotatable bonds is 0. The molecule has 1 aliphatic carbocycles. The molecule has 28 heavy (non-hydrogen) atoms. The first-order chi connectivity index (χ1) is 13.9. The molecular formula is C27H17N. The van der Waals surface area contributed by atoms with E-state index in [1.807, 2.05) is 0 Å². The highest BCUT2D eigenvalue weighted by Gasteiger charge is 2.21. The van der Waals surface area contributed by atoms with Crippen LogP contribution in [0.4, 0.5) is 0 Å². The van der Waals surface area contributed by atoms with Crippen LogP contribution in [-0.2, 0) is 6.42 Å². The van der Waals surface area contributed by atoms with Crippen molar-refractivity contribution in [1.29, 1.82) is 0 Å². The third-order valence-corrected chi connectivity index (χ3v) is 6.37. The van der Waals surface area contributed by atoms with Crippen LogP contribution in [0.1, 0.15) is 11.1 Å². The highest BCUT2D eigenvalue weighted by molar-refractivity contribution is 6.20. The van der Waals surface area contributed by atoms with Gasteiger partial charge in [0.25, 0.3) is 0 Å². The molecule has 0 spiro atoms. The Hall–Kier alpha value is -3.58. The topological polar surface area (TPSA) is 4.41 Å². The lowest BCUT2D eigenvalue weighted by Gasteiger charge is -2.12. The first kappa shape index (κ1) is 14.5. The van der Waals surface area contributed by atoms with Crippen molar-refractivity contribution < 1.29 is 0 Å². The van der Waals surface area contributed by atoms with Gasteiger partial charge in [0.15, 0.2) is 0 Å². The molecule has 4 aromatic carbocycles. The minimum absolute atomic E-state index is 1.03. The van der Waals surface area contributed by atoms with Crippen LogP contribution in [-0.4, -0.2) is 4.40 Å². The Morgan fingerprint density at radius 2 is 1.36 bits per heavy atom. The Balaban J connectivity index is 1.76. The van der Waals surface area contributed by atoms with Gasteiger partial charge in [-0.05, 0) is 52.3 Å². The maximum absolute atomic E-state index is 2.44. The zero-order valence-electron chi connectivity index (χ0n) is 15.3. The fraction of sp³-hybridized carbons (Fsp3) is 0.0370. The van der Waals surface area contributed by atoms with Crippen LogP contribution < -0.4 is 0 Å². The fourth-order valence-electron chi connectivity index (χ4n) is 5.14. The molecule has 0 bridgehead atoms. The summed E-state index contributed by atoms with van der Waals surface area (Å²) in [5, 5.41) is 6.64. The molecule has 0 unspecified atom stereocenters. The molecular weight excluding hydrogens is 338 g/mol. The van der Waals surface area contributed by atoms with E-state index in [9.17, 15) is 0 Å². The summed E-state index contributed by atoms with van der Waals surface area (Å²) in [6.07, 6.45) is 3.31. The highest BCUT2D eigenvalue weighted by atomic mass is 14.9. The molecule has 2 heterocycles. The Bertz CT molecular complexity index is 1580. The molecule has 0 saturated carbocycles. The zero-order valence-corrected chi connectivity index (χ0v) is 15.3. The molecule has 0 radical (unpaired) electrons. The summed E-state index contributed by atoms with van der Waals surface area (Å²) >= 11 is 0. The van der Waals surface area contributed by atoms with Gasteiger partial charge in [0.2, 0.25) is 0 Å². The van der Waals surface area contributed by atoms with Crippen LogP contribution >= 0.6 is 0 Å². The molecule has 130 valence electrons.